The molecule has 2 aromatic rings. The fourth-order valence-corrected chi connectivity index (χ4v) is 3.41. The summed E-state index contributed by atoms with van der Waals surface area (Å²) in [7, 11) is -3.82. The Morgan fingerprint density at radius 1 is 1.38 bits per heavy atom. The van der Waals surface area contributed by atoms with Gasteiger partial charge in [-0.2, -0.15) is 0 Å². The van der Waals surface area contributed by atoms with E-state index in [1.165, 1.54) is 0 Å². The first-order valence-corrected chi connectivity index (χ1v) is 7.71. The molecule has 6 nitrogen and oxygen atoms in total. The molecule has 21 heavy (non-hydrogen) atoms. The van der Waals surface area contributed by atoms with Crippen molar-refractivity contribution in [1.29, 1.82) is 0 Å². The Balaban J connectivity index is 2.31. The number of aryl methyl sites for hydroxylation is 2. The summed E-state index contributed by atoms with van der Waals surface area (Å²) in [6.07, 6.45) is 0. The minimum Gasteiger partial charge on any atom is -0.396 e. The van der Waals surface area contributed by atoms with Crippen molar-refractivity contribution in [2.24, 2.45) is 0 Å². The van der Waals surface area contributed by atoms with Gasteiger partial charge in [0.05, 0.1) is 16.3 Å². The van der Waals surface area contributed by atoms with Gasteiger partial charge in [0, 0.05) is 11.6 Å². The van der Waals surface area contributed by atoms with Crippen LogP contribution in [0.5, 0.6) is 0 Å². The fourth-order valence-electron chi connectivity index (χ4n) is 2.16. The number of anilines is 1. The zero-order valence-corrected chi connectivity index (χ0v) is 12.7. The second kappa shape index (κ2) is 5.45. The average Bonchev–Trinajstić information content (AvgIpc) is 2.71. The van der Waals surface area contributed by atoms with Crippen LogP contribution in [0.4, 0.5) is 10.1 Å². The highest BCUT2D eigenvalue weighted by molar-refractivity contribution is 7.89. The Morgan fingerprint density at radius 3 is 2.57 bits per heavy atom. The second-order valence-corrected chi connectivity index (χ2v) is 6.48. The van der Waals surface area contributed by atoms with E-state index in [4.69, 9.17) is 10.3 Å². The summed E-state index contributed by atoms with van der Waals surface area (Å²) in [5, 5.41) is 3.79. The van der Waals surface area contributed by atoms with Crippen molar-refractivity contribution >= 4 is 15.7 Å². The second-order valence-electron chi connectivity index (χ2n) is 4.76. The number of sulfonamides is 1. The van der Waals surface area contributed by atoms with Gasteiger partial charge in [0.2, 0.25) is 10.0 Å². The summed E-state index contributed by atoms with van der Waals surface area (Å²) >= 11 is 0. The van der Waals surface area contributed by atoms with Crippen LogP contribution in [0.2, 0.25) is 0 Å². The van der Waals surface area contributed by atoms with Gasteiger partial charge in [-0.25, -0.2) is 17.5 Å². The predicted molar refractivity (Wildman–Crippen MR) is 75.5 cm³/mol. The van der Waals surface area contributed by atoms with Crippen molar-refractivity contribution in [3.63, 3.8) is 0 Å². The molecule has 8 heteroatoms. The van der Waals surface area contributed by atoms with Gasteiger partial charge in [0.1, 0.15) is 11.6 Å². The lowest BCUT2D eigenvalue weighted by Crippen LogP contribution is -2.27. The van der Waals surface area contributed by atoms with E-state index in [1.807, 2.05) is 0 Å². The Hall–Kier alpha value is -1.93. The average molecular weight is 313 g/mol. The molecule has 0 aliphatic carbocycles. The summed E-state index contributed by atoms with van der Waals surface area (Å²) in [5.74, 6) is -0.117. The number of nitrogens with zero attached hydrogens (tertiary/aromatic N) is 1. The first kappa shape index (κ1) is 15.5. The smallest absolute Gasteiger partial charge is 0.241 e. The number of halogens is 1. The molecule has 0 aliphatic heterocycles. The molecule has 1 heterocycles. The van der Waals surface area contributed by atoms with E-state index in [9.17, 15) is 12.8 Å². The van der Waals surface area contributed by atoms with Crippen LogP contribution < -0.4 is 10.5 Å². The van der Waals surface area contributed by atoms with Gasteiger partial charge in [-0.1, -0.05) is 5.16 Å². The quantitative estimate of drug-likeness (QED) is 0.842. The first-order chi connectivity index (χ1) is 9.72. The van der Waals surface area contributed by atoms with E-state index in [2.05, 4.69) is 9.88 Å². The number of nitrogen functional groups attached to an aromatic ring is 1. The normalized spacial score (nSPS) is 13.3. The first-order valence-electron chi connectivity index (χ1n) is 6.22. The molecule has 0 fully saturated rings. The molecular weight excluding hydrogens is 297 g/mol. The van der Waals surface area contributed by atoms with Crippen molar-refractivity contribution in [1.82, 2.24) is 9.88 Å². The number of nitrogens with one attached hydrogen (secondary N) is 1. The maximum atomic E-state index is 13.1. The van der Waals surface area contributed by atoms with E-state index in [-0.39, 0.29) is 10.6 Å². The van der Waals surface area contributed by atoms with Crippen LogP contribution in [0.15, 0.2) is 27.6 Å². The number of benzene rings is 1. The van der Waals surface area contributed by atoms with E-state index in [1.54, 1.807) is 20.8 Å². The van der Waals surface area contributed by atoms with Crippen LogP contribution in [-0.4, -0.2) is 13.6 Å². The monoisotopic (exact) mass is 313 g/mol. The van der Waals surface area contributed by atoms with Gasteiger partial charge in [-0.3, -0.25) is 0 Å². The summed E-state index contributed by atoms with van der Waals surface area (Å²) in [4.78, 5) is -0.0972. The molecule has 0 aliphatic rings. The minimum atomic E-state index is -3.82. The predicted octanol–water partition coefficient (Wildman–Crippen LogP) is 2.05. The van der Waals surface area contributed by atoms with E-state index in [0.717, 1.165) is 18.2 Å². The Labute approximate surface area is 122 Å². The Bertz CT molecular complexity index is 751. The minimum absolute atomic E-state index is 0.0972. The van der Waals surface area contributed by atoms with E-state index in [0.29, 0.717) is 17.0 Å². The third-order valence-corrected chi connectivity index (χ3v) is 4.67. The lowest BCUT2D eigenvalue weighted by atomic mass is 10.1. The molecule has 2 rings (SSSR count). The van der Waals surface area contributed by atoms with Crippen LogP contribution in [0.25, 0.3) is 0 Å². The molecule has 0 saturated heterocycles. The molecule has 1 aromatic carbocycles. The lowest BCUT2D eigenvalue weighted by Gasteiger charge is -2.14. The van der Waals surface area contributed by atoms with Crippen molar-refractivity contribution in [3.8, 4) is 0 Å². The number of aromatic nitrogens is 1. The molecule has 1 unspecified atom stereocenters. The number of rotatable bonds is 4. The Kier molecular flexibility index (Phi) is 4.02. The van der Waals surface area contributed by atoms with Gasteiger partial charge in [-0.05, 0) is 39.0 Å². The molecule has 0 saturated carbocycles. The number of nitrogens with two attached hydrogens (primary N) is 1. The highest BCUT2D eigenvalue weighted by Crippen LogP contribution is 2.24. The van der Waals surface area contributed by atoms with Gasteiger partial charge >= 0.3 is 0 Å². The molecule has 114 valence electrons. The maximum absolute atomic E-state index is 13.1. The van der Waals surface area contributed by atoms with E-state index < -0.39 is 21.9 Å². The summed E-state index contributed by atoms with van der Waals surface area (Å²) in [5.41, 5.74) is 6.47. The summed E-state index contributed by atoms with van der Waals surface area (Å²) in [6.45, 7) is 5.11. The van der Waals surface area contributed by atoms with Gasteiger partial charge in [0.15, 0.2) is 0 Å². The number of hydrogen-bond donors (Lipinski definition) is 2. The standard InChI is InChI=1S/C13H16FN3O3S/c1-7-13(9(3)20-16-7)8(2)17-21(18,19)10-4-5-11(14)12(15)6-10/h4-6,8,17H,15H2,1-3H3. The molecule has 1 atom stereocenters. The third-order valence-electron chi connectivity index (χ3n) is 3.13. The van der Waals surface area contributed by atoms with Crippen LogP contribution >= 0.6 is 0 Å². The van der Waals surface area contributed by atoms with Crippen molar-refractivity contribution in [3.05, 3.63) is 41.0 Å². The van der Waals surface area contributed by atoms with E-state index >= 15 is 0 Å². The highest BCUT2D eigenvalue weighted by Gasteiger charge is 2.23. The molecule has 0 amide bonds. The lowest BCUT2D eigenvalue weighted by molar-refractivity contribution is 0.391. The molecular formula is C13H16FN3O3S. The molecule has 0 spiro atoms. The van der Waals surface area contributed by atoms with Crippen LogP contribution in [-0.2, 0) is 10.0 Å². The highest BCUT2D eigenvalue weighted by atomic mass is 32.2. The molecule has 0 bridgehead atoms. The van der Waals surface area contributed by atoms with Crippen LogP contribution in [0.1, 0.15) is 30.0 Å². The third kappa shape index (κ3) is 3.06. The van der Waals surface area contributed by atoms with Crippen molar-refractivity contribution in [2.75, 3.05) is 5.73 Å². The van der Waals surface area contributed by atoms with Gasteiger partial charge in [0.25, 0.3) is 0 Å². The molecule has 3 N–H and O–H groups in total. The van der Waals surface area contributed by atoms with Gasteiger partial charge < -0.3 is 10.3 Å². The number of hydrogen-bond acceptors (Lipinski definition) is 5. The summed E-state index contributed by atoms with van der Waals surface area (Å²) in [6, 6.07) is 2.73. The topological polar surface area (TPSA) is 98.2 Å². The molecule has 1 aromatic heterocycles. The van der Waals surface area contributed by atoms with Crippen LogP contribution in [0.3, 0.4) is 0 Å². The summed E-state index contributed by atoms with van der Waals surface area (Å²) < 4.78 is 45.2. The Morgan fingerprint density at radius 2 is 2.05 bits per heavy atom. The van der Waals surface area contributed by atoms with Gasteiger partial charge in [-0.15, -0.1) is 0 Å². The largest absolute Gasteiger partial charge is 0.396 e. The van der Waals surface area contributed by atoms with Crippen molar-refractivity contribution < 1.29 is 17.3 Å². The zero-order chi connectivity index (χ0) is 15.8. The van der Waals surface area contributed by atoms with Crippen LogP contribution in [0, 0.1) is 19.7 Å². The maximum Gasteiger partial charge on any atom is 0.241 e. The fraction of sp³-hybridized carbons (Fsp3) is 0.308. The molecule has 0 radical (unpaired) electrons. The van der Waals surface area contributed by atoms with Crippen molar-refractivity contribution in [2.45, 2.75) is 31.7 Å². The SMILES string of the molecule is Cc1noc(C)c1C(C)NS(=O)(=O)c1ccc(F)c(N)c1. The zero-order valence-electron chi connectivity index (χ0n) is 11.8.